The number of hydrogen-bond donors (Lipinski definition) is 2. The van der Waals surface area contributed by atoms with Crippen molar-refractivity contribution in [3.05, 3.63) is 35.4 Å². The van der Waals surface area contributed by atoms with E-state index in [0.717, 1.165) is 0 Å². The van der Waals surface area contributed by atoms with Crippen molar-refractivity contribution in [3.63, 3.8) is 0 Å². The first kappa shape index (κ1) is 20.5. The van der Waals surface area contributed by atoms with Gasteiger partial charge in [0.1, 0.15) is 0 Å². The third-order valence-corrected chi connectivity index (χ3v) is 1.39. The van der Waals surface area contributed by atoms with E-state index in [-0.39, 0.29) is 75.7 Å². The molecule has 0 atom stereocenters. The van der Waals surface area contributed by atoms with E-state index in [2.05, 4.69) is 0 Å². The summed E-state index contributed by atoms with van der Waals surface area (Å²) in [6.07, 6.45) is 0. The molecular formula is C8H10Na2O5. The van der Waals surface area contributed by atoms with Gasteiger partial charge >= 0.3 is 71.1 Å². The average Bonchev–Trinajstić information content (AvgIpc) is 2.04. The van der Waals surface area contributed by atoms with Crippen LogP contribution in [0.25, 0.3) is 0 Å². The van der Waals surface area contributed by atoms with Crippen LogP contribution in [0.1, 0.15) is 20.7 Å². The third-order valence-electron chi connectivity index (χ3n) is 1.39. The Morgan fingerprint density at radius 3 is 1.33 bits per heavy atom. The summed E-state index contributed by atoms with van der Waals surface area (Å²) in [5, 5.41) is 17.1. The Kier molecular flexibility index (Phi) is 12.8. The van der Waals surface area contributed by atoms with Crippen molar-refractivity contribution >= 4 is 71.1 Å². The minimum atomic E-state index is -1.23. The molecule has 1 aromatic carbocycles. The van der Waals surface area contributed by atoms with Crippen LogP contribution in [-0.2, 0) is 0 Å². The summed E-state index contributed by atoms with van der Waals surface area (Å²) in [6.45, 7) is 0. The first-order chi connectivity index (χ1) is 5.63. The van der Waals surface area contributed by atoms with Gasteiger partial charge in [-0.2, -0.15) is 0 Å². The number of carboxylic acids is 2. The zero-order chi connectivity index (χ0) is 9.14. The van der Waals surface area contributed by atoms with E-state index in [1.807, 2.05) is 0 Å². The van der Waals surface area contributed by atoms with Crippen LogP contribution in [0.5, 0.6) is 0 Å². The van der Waals surface area contributed by atoms with Crippen LogP contribution in [0.3, 0.4) is 0 Å². The maximum absolute atomic E-state index is 10.5. The van der Waals surface area contributed by atoms with Gasteiger partial charge in [-0.25, -0.2) is 9.59 Å². The second-order valence-electron chi connectivity index (χ2n) is 2.16. The molecule has 0 aliphatic heterocycles. The number of carboxylic acid groups (broad SMARTS) is 2. The van der Waals surface area contributed by atoms with Crippen LogP contribution in [0.15, 0.2) is 24.3 Å². The summed E-state index contributed by atoms with van der Waals surface area (Å²) in [5.74, 6) is -2.46. The van der Waals surface area contributed by atoms with E-state index in [4.69, 9.17) is 10.2 Å². The van der Waals surface area contributed by atoms with E-state index < -0.39 is 11.9 Å². The Morgan fingerprint density at radius 1 is 0.867 bits per heavy atom. The van der Waals surface area contributed by atoms with Crippen LogP contribution < -0.4 is 0 Å². The number of benzene rings is 1. The molecule has 0 amide bonds. The third kappa shape index (κ3) is 5.67. The van der Waals surface area contributed by atoms with Crippen molar-refractivity contribution < 1.29 is 25.3 Å². The molecule has 5 nitrogen and oxygen atoms in total. The van der Waals surface area contributed by atoms with Gasteiger partial charge in [0.15, 0.2) is 0 Å². The quantitative estimate of drug-likeness (QED) is 0.635. The monoisotopic (exact) mass is 232 g/mol. The molecule has 0 aliphatic carbocycles. The molecule has 1 aromatic rings. The van der Waals surface area contributed by atoms with Crippen molar-refractivity contribution in [2.24, 2.45) is 0 Å². The summed E-state index contributed by atoms with van der Waals surface area (Å²) in [7, 11) is 0. The Balaban J connectivity index is -0.000000480. The Hall–Kier alpha value is 0.120. The van der Waals surface area contributed by atoms with Gasteiger partial charge in [-0.15, -0.1) is 0 Å². The zero-order valence-corrected chi connectivity index (χ0v) is 6.52. The van der Waals surface area contributed by atoms with Crippen molar-refractivity contribution in [1.29, 1.82) is 0 Å². The molecule has 4 N–H and O–H groups in total. The molecule has 0 saturated carbocycles. The van der Waals surface area contributed by atoms with Gasteiger partial charge in [-0.3, -0.25) is 0 Å². The Bertz CT molecular complexity index is 307. The fourth-order valence-electron chi connectivity index (χ4n) is 0.856. The molecule has 74 valence electrons. The SMILES string of the molecule is O.O=C(O)c1ccccc1C(=O)O.[NaH].[NaH]. The molecule has 1 rings (SSSR count). The molecule has 0 radical (unpaired) electrons. The Labute approximate surface area is 130 Å². The molecule has 15 heavy (non-hydrogen) atoms. The standard InChI is InChI=1S/C8H6O4.2Na.H2O.2H/c9-7(10)5-3-1-2-4-6(5)8(11)12;;;;;/h1-4H,(H,9,10)(H,11,12);;;1H2;;. The molecular weight excluding hydrogens is 222 g/mol. The van der Waals surface area contributed by atoms with Gasteiger partial charge in [-0.1, -0.05) is 12.1 Å². The second kappa shape index (κ2) is 9.35. The van der Waals surface area contributed by atoms with Crippen LogP contribution in [0.2, 0.25) is 0 Å². The Morgan fingerprint density at radius 2 is 1.13 bits per heavy atom. The van der Waals surface area contributed by atoms with E-state index >= 15 is 0 Å². The second-order valence-corrected chi connectivity index (χ2v) is 2.16. The van der Waals surface area contributed by atoms with Crippen molar-refractivity contribution in [2.45, 2.75) is 0 Å². The van der Waals surface area contributed by atoms with Gasteiger partial charge < -0.3 is 15.7 Å². The van der Waals surface area contributed by atoms with E-state index in [1.165, 1.54) is 24.3 Å². The van der Waals surface area contributed by atoms with Crippen LogP contribution >= 0.6 is 0 Å². The fourth-order valence-corrected chi connectivity index (χ4v) is 0.856. The normalized spacial score (nSPS) is 7.47. The minimum absolute atomic E-state index is 0. The topological polar surface area (TPSA) is 106 Å². The summed E-state index contributed by atoms with van der Waals surface area (Å²) < 4.78 is 0. The van der Waals surface area contributed by atoms with Crippen molar-refractivity contribution in [2.75, 3.05) is 0 Å². The molecule has 0 heterocycles. The molecule has 0 bridgehead atoms. The van der Waals surface area contributed by atoms with Gasteiger partial charge in [0, 0.05) is 0 Å². The number of hydrogen-bond acceptors (Lipinski definition) is 2. The van der Waals surface area contributed by atoms with Gasteiger partial charge in [-0.05, 0) is 12.1 Å². The molecule has 0 aromatic heterocycles. The summed E-state index contributed by atoms with van der Waals surface area (Å²) >= 11 is 0. The maximum atomic E-state index is 10.5. The molecule has 0 fully saturated rings. The fraction of sp³-hybridized carbons (Fsp3) is 0. The summed E-state index contributed by atoms with van der Waals surface area (Å²) in [6, 6.07) is 5.48. The summed E-state index contributed by atoms with van der Waals surface area (Å²) in [4.78, 5) is 20.9. The van der Waals surface area contributed by atoms with Crippen molar-refractivity contribution in [3.8, 4) is 0 Å². The van der Waals surface area contributed by atoms with Crippen LogP contribution in [0, 0.1) is 0 Å². The summed E-state index contributed by atoms with van der Waals surface area (Å²) in [5.41, 5.74) is -0.380. The molecule has 7 heteroatoms. The first-order valence-corrected chi connectivity index (χ1v) is 3.18. The van der Waals surface area contributed by atoms with Gasteiger partial charge in [0.05, 0.1) is 11.1 Å². The van der Waals surface area contributed by atoms with Crippen molar-refractivity contribution in [1.82, 2.24) is 0 Å². The number of aromatic carboxylic acids is 2. The molecule has 0 spiro atoms. The molecule has 0 saturated heterocycles. The molecule has 0 unspecified atom stereocenters. The predicted octanol–water partition coefficient (Wildman–Crippen LogP) is -1.04. The first-order valence-electron chi connectivity index (χ1n) is 3.18. The number of carbonyl (C=O) groups is 2. The number of rotatable bonds is 2. The van der Waals surface area contributed by atoms with E-state index in [1.54, 1.807) is 0 Å². The van der Waals surface area contributed by atoms with Crippen LogP contribution in [-0.4, -0.2) is 86.7 Å². The average molecular weight is 232 g/mol. The van der Waals surface area contributed by atoms with Gasteiger partial charge in [0.25, 0.3) is 0 Å². The predicted molar refractivity (Wildman–Crippen MR) is 58.3 cm³/mol. The van der Waals surface area contributed by atoms with Crippen LogP contribution in [0.4, 0.5) is 0 Å². The molecule has 0 aliphatic rings. The van der Waals surface area contributed by atoms with E-state index in [9.17, 15) is 9.59 Å². The van der Waals surface area contributed by atoms with E-state index in [0.29, 0.717) is 0 Å². The van der Waals surface area contributed by atoms with Gasteiger partial charge in [0.2, 0.25) is 0 Å². The zero-order valence-electron chi connectivity index (χ0n) is 6.52.